The molecule has 0 N–H and O–H groups in total. The molecule has 0 aromatic heterocycles. The second-order valence-corrected chi connectivity index (χ2v) is 7.05. The van der Waals surface area contributed by atoms with Crippen LogP contribution in [-0.4, -0.2) is 29.3 Å². The monoisotopic (exact) mass is 334 g/mol. The van der Waals surface area contributed by atoms with Gasteiger partial charge < -0.3 is 0 Å². The van der Waals surface area contributed by atoms with Gasteiger partial charge in [0.1, 0.15) is 0 Å². The van der Waals surface area contributed by atoms with Crippen LogP contribution in [-0.2, 0) is 22.6 Å². The minimum Gasteiger partial charge on any atom is -0.287 e. The molecule has 2 aliphatic rings. The zero-order chi connectivity index (χ0) is 17.6. The third-order valence-corrected chi connectivity index (χ3v) is 5.47. The highest BCUT2D eigenvalue weighted by Crippen LogP contribution is 2.30. The summed E-state index contributed by atoms with van der Waals surface area (Å²) in [6.07, 6.45) is 1.20. The first-order valence-electron chi connectivity index (χ1n) is 8.79. The lowest BCUT2D eigenvalue weighted by Gasteiger charge is -2.32. The second-order valence-electron chi connectivity index (χ2n) is 7.05. The molecule has 4 heteroatoms. The minimum atomic E-state index is -0.345. The van der Waals surface area contributed by atoms with Crippen molar-refractivity contribution in [1.29, 1.82) is 0 Å². The molecule has 1 fully saturated rings. The van der Waals surface area contributed by atoms with E-state index in [-0.39, 0.29) is 24.3 Å². The predicted octanol–water partition coefficient (Wildman–Crippen LogP) is 2.99. The SMILES string of the molecule is Cc1ccc(N2C(=O)CC(N3CCc4ccccc4C3)C2=O)cc1C. The fourth-order valence-corrected chi connectivity index (χ4v) is 3.82. The van der Waals surface area contributed by atoms with E-state index in [0.29, 0.717) is 5.69 Å². The Hall–Kier alpha value is -2.46. The number of benzene rings is 2. The molecule has 1 saturated heterocycles. The predicted molar refractivity (Wildman–Crippen MR) is 97.4 cm³/mol. The van der Waals surface area contributed by atoms with Gasteiger partial charge in [0.05, 0.1) is 18.2 Å². The number of anilines is 1. The smallest absolute Gasteiger partial charge is 0.251 e. The summed E-state index contributed by atoms with van der Waals surface area (Å²) in [5, 5.41) is 0. The van der Waals surface area contributed by atoms with Gasteiger partial charge in [-0.15, -0.1) is 0 Å². The molecular weight excluding hydrogens is 312 g/mol. The van der Waals surface area contributed by atoms with Crippen molar-refractivity contribution in [2.45, 2.75) is 39.3 Å². The van der Waals surface area contributed by atoms with Gasteiger partial charge in [0, 0.05) is 13.1 Å². The fraction of sp³-hybridized carbons (Fsp3) is 0.333. The number of amides is 2. The lowest BCUT2D eigenvalue weighted by Crippen LogP contribution is -2.44. The van der Waals surface area contributed by atoms with E-state index >= 15 is 0 Å². The van der Waals surface area contributed by atoms with Crippen molar-refractivity contribution < 1.29 is 9.59 Å². The highest BCUT2D eigenvalue weighted by Gasteiger charge is 2.43. The van der Waals surface area contributed by atoms with E-state index in [1.807, 2.05) is 38.1 Å². The summed E-state index contributed by atoms with van der Waals surface area (Å²) in [5.41, 5.74) is 5.55. The summed E-state index contributed by atoms with van der Waals surface area (Å²) < 4.78 is 0. The quantitative estimate of drug-likeness (QED) is 0.793. The Morgan fingerprint density at radius 3 is 2.48 bits per heavy atom. The molecule has 4 nitrogen and oxygen atoms in total. The maximum absolute atomic E-state index is 13.0. The molecular formula is C21H22N2O2. The lowest BCUT2D eigenvalue weighted by molar-refractivity contribution is -0.123. The molecule has 2 heterocycles. The molecule has 2 aromatic carbocycles. The Bertz CT molecular complexity index is 859. The summed E-state index contributed by atoms with van der Waals surface area (Å²) in [4.78, 5) is 29.1. The molecule has 2 amide bonds. The third kappa shape index (κ3) is 2.76. The van der Waals surface area contributed by atoms with Crippen molar-refractivity contribution in [2.24, 2.45) is 0 Å². The average Bonchev–Trinajstić information content (AvgIpc) is 2.91. The van der Waals surface area contributed by atoms with Gasteiger partial charge >= 0.3 is 0 Å². The first-order chi connectivity index (χ1) is 12.0. The van der Waals surface area contributed by atoms with Crippen LogP contribution in [0.3, 0.4) is 0 Å². The van der Waals surface area contributed by atoms with Crippen LogP contribution in [0.2, 0.25) is 0 Å². The zero-order valence-electron chi connectivity index (χ0n) is 14.7. The molecule has 25 heavy (non-hydrogen) atoms. The van der Waals surface area contributed by atoms with Gasteiger partial charge in [-0.2, -0.15) is 0 Å². The lowest BCUT2D eigenvalue weighted by atomic mass is 9.98. The molecule has 0 saturated carbocycles. The summed E-state index contributed by atoms with van der Waals surface area (Å²) in [7, 11) is 0. The van der Waals surface area contributed by atoms with Crippen LogP contribution in [0.15, 0.2) is 42.5 Å². The van der Waals surface area contributed by atoms with Crippen molar-refractivity contribution in [3.63, 3.8) is 0 Å². The Morgan fingerprint density at radius 1 is 0.960 bits per heavy atom. The minimum absolute atomic E-state index is 0.0902. The van der Waals surface area contributed by atoms with Gasteiger partial charge in [-0.1, -0.05) is 30.3 Å². The summed E-state index contributed by atoms with van der Waals surface area (Å²) >= 11 is 0. The molecule has 0 spiro atoms. The third-order valence-electron chi connectivity index (χ3n) is 5.47. The number of hydrogen-bond acceptors (Lipinski definition) is 3. The molecule has 1 atom stereocenters. The normalized spacial score (nSPS) is 20.9. The highest BCUT2D eigenvalue weighted by molar-refractivity contribution is 6.22. The summed E-state index contributed by atoms with van der Waals surface area (Å²) in [6.45, 7) is 5.59. The molecule has 4 rings (SSSR count). The van der Waals surface area contributed by atoms with Crippen LogP contribution >= 0.6 is 0 Å². The number of carbonyl (C=O) groups excluding carboxylic acids is 2. The van der Waals surface area contributed by atoms with E-state index < -0.39 is 0 Å². The Balaban J connectivity index is 1.58. The van der Waals surface area contributed by atoms with E-state index in [1.54, 1.807) is 0 Å². The molecule has 2 aliphatic heterocycles. The first kappa shape index (κ1) is 16.0. The summed E-state index contributed by atoms with van der Waals surface area (Å²) in [6, 6.07) is 13.8. The van der Waals surface area contributed by atoms with Crippen LogP contribution in [0, 0.1) is 13.8 Å². The molecule has 0 aliphatic carbocycles. The van der Waals surface area contributed by atoms with Crippen molar-refractivity contribution in [3.8, 4) is 0 Å². The van der Waals surface area contributed by atoms with Gasteiger partial charge in [0.25, 0.3) is 5.91 Å². The van der Waals surface area contributed by atoms with Crippen LogP contribution in [0.1, 0.15) is 28.7 Å². The number of nitrogens with zero attached hydrogens (tertiary/aromatic N) is 2. The number of fused-ring (bicyclic) bond motifs is 1. The molecule has 128 valence electrons. The van der Waals surface area contributed by atoms with Crippen molar-refractivity contribution in [2.75, 3.05) is 11.4 Å². The van der Waals surface area contributed by atoms with Crippen LogP contribution in [0.25, 0.3) is 0 Å². The van der Waals surface area contributed by atoms with E-state index in [4.69, 9.17) is 0 Å². The van der Waals surface area contributed by atoms with Crippen LogP contribution < -0.4 is 4.90 Å². The molecule has 2 aromatic rings. The zero-order valence-corrected chi connectivity index (χ0v) is 14.7. The van der Waals surface area contributed by atoms with Crippen molar-refractivity contribution in [3.05, 3.63) is 64.7 Å². The number of hydrogen-bond donors (Lipinski definition) is 0. The average molecular weight is 334 g/mol. The van der Waals surface area contributed by atoms with Crippen LogP contribution in [0.5, 0.6) is 0 Å². The van der Waals surface area contributed by atoms with E-state index in [2.05, 4.69) is 23.1 Å². The Kier molecular flexibility index (Phi) is 3.92. The Morgan fingerprint density at radius 2 is 1.72 bits per heavy atom. The first-order valence-corrected chi connectivity index (χ1v) is 8.79. The molecule has 0 radical (unpaired) electrons. The second kappa shape index (κ2) is 6.12. The number of aryl methyl sites for hydroxylation is 2. The van der Waals surface area contributed by atoms with Crippen molar-refractivity contribution >= 4 is 17.5 Å². The van der Waals surface area contributed by atoms with Crippen molar-refractivity contribution in [1.82, 2.24) is 4.90 Å². The maximum atomic E-state index is 13.0. The largest absolute Gasteiger partial charge is 0.287 e. The topological polar surface area (TPSA) is 40.6 Å². The van der Waals surface area contributed by atoms with E-state index in [1.165, 1.54) is 16.0 Å². The molecule has 1 unspecified atom stereocenters. The summed E-state index contributed by atoms with van der Waals surface area (Å²) in [5.74, 6) is -0.190. The number of rotatable bonds is 2. The van der Waals surface area contributed by atoms with Gasteiger partial charge in [-0.05, 0) is 54.7 Å². The van der Waals surface area contributed by atoms with Gasteiger partial charge in [0.15, 0.2) is 0 Å². The standard InChI is InChI=1S/C21H22N2O2/c1-14-7-8-18(11-15(14)2)23-20(24)12-19(21(23)25)22-10-9-16-5-3-4-6-17(16)13-22/h3-8,11,19H,9-10,12-13H2,1-2H3. The van der Waals surface area contributed by atoms with Gasteiger partial charge in [-0.3, -0.25) is 14.5 Å². The Labute approximate surface area is 148 Å². The van der Waals surface area contributed by atoms with Gasteiger partial charge in [-0.25, -0.2) is 4.90 Å². The number of imide groups is 1. The highest BCUT2D eigenvalue weighted by atomic mass is 16.2. The van der Waals surface area contributed by atoms with E-state index in [0.717, 1.165) is 30.6 Å². The maximum Gasteiger partial charge on any atom is 0.251 e. The molecule has 0 bridgehead atoms. The van der Waals surface area contributed by atoms with E-state index in [9.17, 15) is 9.59 Å². The van der Waals surface area contributed by atoms with Gasteiger partial charge in [0.2, 0.25) is 5.91 Å². The van der Waals surface area contributed by atoms with Crippen LogP contribution in [0.4, 0.5) is 5.69 Å². The fourth-order valence-electron chi connectivity index (χ4n) is 3.82. The number of carbonyl (C=O) groups is 2.